The first kappa shape index (κ1) is 22.1. The van der Waals surface area contributed by atoms with Gasteiger partial charge in [-0.25, -0.2) is 9.13 Å². The number of rotatable bonds is 9. The zero-order valence-corrected chi connectivity index (χ0v) is 18.7. The third-order valence-electron chi connectivity index (χ3n) is 5.63. The molecule has 33 heavy (non-hydrogen) atoms. The summed E-state index contributed by atoms with van der Waals surface area (Å²) in [5.41, 5.74) is 4.25. The lowest BCUT2D eigenvalue weighted by atomic mass is 10.0. The van der Waals surface area contributed by atoms with Gasteiger partial charge in [-0.2, -0.15) is 0 Å². The van der Waals surface area contributed by atoms with Crippen molar-refractivity contribution in [2.45, 2.75) is 33.0 Å². The first-order chi connectivity index (χ1) is 16.2. The Balaban J connectivity index is 1.26. The lowest BCUT2D eigenvalue weighted by Gasteiger charge is -2.09. The van der Waals surface area contributed by atoms with E-state index in [1.807, 2.05) is 42.7 Å². The van der Waals surface area contributed by atoms with Crippen LogP contribution in [0, 0.1) is 6.92 Å². The molecule has 0 radical (unpaired) electrons. The van der Waals surface area contributed by atoms with Gasteiger partial charge in [0.1, 0.15) is 6.61 Å². The normalized spacial score (nSPS) is 11.5. The van der Waals surface area contributed by atoms with E-state index in [9.17, 15) is 0 Å². The summed E-state index contributed by atoms with van der Waals surface area (Å²) < 4.78 is 4.27. The molecule has 0 atom stereocenters. The van der Waals surface area contributed by atoms with E-state index in [1.165, 1.54) is 28.1 Å². The average molecular weight is 441 g/mol. The van der Waals surface area contributed by atoms with Crippen LogP contribution in [-0.4, -0.2) is 17.6 Å². The molecule has 0 aliphatic heterocycles. The van der Waals surface area contributed by atoms with Gasteiger partial charge in [0.15, 0.2) is 37.9 Å². The largest absolute Gasteiger partial charge is 0.411 e. The Morgan fingerprint density at radius 3 is 2.12 bits per heavy atom. The average Bonchev–Trinajstić information content (AvgIpc) is 2.85. The molecular weight excluding hydrogens is 412 g/mol. The molecule has 2 heterocycles. The maximum atomic E-state index is 8.57. The topological polar surface area (TPSA) is 61.9 Å². The molecule has 0 unspecified atom stereocenters. The molecule has 0 aliphatic rings. The highest BCUT2D eigenvalue weighted by Crippen LogP contribution is 2.22. The molecule has 4 rings (SSSR count). The molecule has 0 saturated heterocycles. The van der Waals surface area contributed by atoms with E-state index in [4.69, 9.17) is 10.0 Å². The predicted molar refractivity (Wildman–Crippen MR) is 128 cm³/mol. The van der Waals surface area contributed by atoms with Crippen LogP contribution >= 0.6 is 0 Å². The predicted octanol–water partition coefficient (Wildman–Crippen LogP) is 4.17. The smallest absolute Gasteiger partial charge is 0.169 e. The van der Waals surface area contributed by atoms with Crippen molar-refractivity contribution in [3.05, 3.63) is 108 Å². The van der Waals surface area contributed by atoms with E-state index in [0.29, 0.717) is 6.61 Å². The maximum absolute atomic E-state index is 8.57. The lowest BCUT2D eigenvalue weighted by molar-refractivity contribution is -0.726. The van der Waals surface area contributed by atoms with Crippen LogP contribution in [0.3, 0.4) is 0 Å². The summed E-state index contributed by atoms with van der Waals surface area (Å²) in [6.07, 6.45) is 12.3. The lowest BCUT2D eigenvalue weighted by Crippen LogP contribution is -2.38. The number of aryl methyl sites for hydroxylation is 3. The van der Waals surface area contributed by atoms with Crippen molar-refractivity contribution in [2.75, 3.05) is 0 Å². The molecule has 0 saturated carbocycles. The molecule has 166 valence electrons. The van der Waals surface area contributed by atoms with Gasteiger partial charge in [0, 0.05) is 41.0 Å². The van der Waals surface area contributed by atoms with Crippen LogP contribution < -0.4 is 9.13 Å². The van der Waals surface area contributed by atoms with Crippen LogP contribution in [0.1, 0.15) is 28.7 Å². The Labute approximate surface area is 193 Å². The van der Waals surface area contributed by atoms with Gasteiger partial charge in [0.05, 0.1) is 18.9 Å². The Kier molecular flexibility index (Phi) is 7.38. The summed E-state index contributed by atoms with van der Waals surface area (Å²) >= 11 is 0. The SMILES string of the molecule is Cc1ccc2ccccc2c1CO/N=C\c1cc[n+](CCC[n+]2ccc(C=NO)cc2)cc1. The summed E-state index contributed by atoms with van der Waals surface area (Å²) in [5.74, 6) is 0. The van der Waals surface area contributed by atoms with E-state index in [1.54, 1.807) is 6.21 Å². The highest BCUT2D eigenvalue weighted by molar-refractivity contribution is 5.86. The van der Waals surface area contributed by atoms with Crippen LogP contribution in [0.15, 0.2) is 95.8 Å². The molecule has 0 amide bonds. The van der Waals surface area contributed by atoms with E-state index >= 15 is 0 Å². The number of benzene rings is 2. The zero-order valence-electron chi connectivity index (χ0n) is 18.7. The quantitative estimate of drug-likeness (QED) is 0.184. The minimum atomic E-state index is 0.446. The highest BCUT2D eigenvalue weighted by atomic mass is 16.6. The zero-order chi connectivity index (χ0) is 22.9. The Hall–Kier alpha value is -4.06. The van der Waals surface area contributed by atoms with E-state index in [-0.39, 0.29) is 0 Å². The Morgan fingerprint density at radius 2 is 1.45 bits per heavy atom. The first-order valence-electron chi connectivity index (χ1n) is 11.0. The fourth-order valence-corrected chi connectivity index (χ4v) is 3.75. The maximum Gasteiger partial charge on any atom is 0.169 e. The van der Waals surface area contributed by atoms with Crippen molar-refractivity contribution < 1.29 is 19.2 Å². The number of aromatic nitrogens is 2. The fourth-order valence-electron chi connectivity index (χ4n) is 3.75. The number of nitrogens with zero attached hydrogens (tertiary/aromatic N) is 4. The Bertz CT molecular complexity index is 1250. The molecular formula is C27H28N4O2+2. The van der Waals surface area contributed by atoms with Gasteiger partial charge in [-0.05, 0) is 23.3 Å². The molecule has 0 fully saturated rings. The summed E-state index contributed by atoms with van der Waals surface area (Å²) in [6.45, 7) is 4.38. The second-order valence-corrected chi connectivity index (χ2v) is 7.93. The third-order valence-corrected chi connectivity index (χ3v) is 5.63. The van der Waals surface area contributed by atoms with E-state index in [0.717, 1.165) is 30.6 Å². The highest BCUT2D eigenvalue weighted by Gasteiger charge is 2.06. The second kappa shape index (κ2) is 11.0. The van der Waals surface area contributed by atoms with E-state index in [2.05, 4.69) is 69.1 Å². The summed E-state index contributed by atoms with van der Waals surface area (Å²) in [4.78, 5) is 5.62. The van der Waals surface area contributed by atoms with Crippen molar-refractivity contribution in [3.63, 3.8) is 0 Å². The molecule has 0 aliphatic carbocycles. The van der Waals surface area contributed by atoms with Crippen molar-refractivity contribution >= 4 is 23.2 Å². The van der Waals surface area contributed by atoms with E-state index < -0.39 is 0 Å². The second-order valence-electron chi connectivity index (χ2n) is 7.93. The molecule has 1 N–H and O–H groups in total. The molecule has 0 bridgehead atoms. The molecule has 0 spiro atoms. The minimum Gasteiger partial charge on any atom is -0.411 e. The van der Waals surface area contributed by atoms with Gasteiger partial charge in [-0.15, -0.1) is 0 Å². The van der Waals surface area contributed by atoms with Crippen LogP contribution in [-0.2, 0) is 24.5 Å². The molecule has 4 aromatic rings. The van der Waals surface area contributed by atoms with Crippen molar-refractivity contribution in [3.8, 4) is 0 Å². The first-order valence-corrected chi connectivity index (χ1v) is 11.0. The number of oxime groups is 2. The van der Waals surface area contributed by atoms with Crippen LogP contribution in [0.5, 0.6) is 0 Å². The van der Waals surface area contributed by atoms with Crippen LogP contribution in [0.2, 0.25) is 0 Å². The number of hydrogen-bond donors (Lipinski definition) is 1. The van der Waals surface area contributed by atoms with Crippen molar-refractivity contribution in [1.29, 1.82) is 0 Å². The number of pyridine rings is 2. The molecule has 2 aromatic heterocycles. The minimum absolute atomic E-state index is 0.446. The van der Waals surface area contributed by atoms with Gasteiger partial charge in [-0.1, -0.05) is 46.7 Å². The standard InChI is InChI=1S/C27H27N4O2/c1-22-7-8-25-5-2-3-6-26(25)27(22)21-33-29-20-24-11-17-31(18-12-24)14-4-13-30-15-9-23(10-16-30)19-28-32/h2-3,5-12,15-20H,4,13-14,21H2,1H3/q+1/p+1/b29-20-. The molecule has 6 nitrogen and oxygen atoms in total. The third kappa shape index (κ3) is 6.01. The van der Waals surface area contributed by atoms with Gasteiger partial charge < -0.3 is 10.0 Å². The number of hydrogen-bond acceptors (Lipinski definition) is 4. The van der Waals surface area contributed by atoms with Crippen molar-refractivity contribution in [2.24, 2.45) is 10.3 Å². The van der Waals surface area contributed by atoms with Gasteiger partial charge in [0.25, 0.3) is 0 Å². The summed E-state index contributed by atoms with van der Waals surface area (Å²) in [7, 11) is 0. The van der Waals surface area contributed by atoms with Gasteiger partial charge in [0.2, 0.25) is 0 Å². The fraction of sp³-hybridized carbons (Fsp3) is 0.185. The summed E-state index contributed by atoms with van der Waals surface area (Å²) in [5, 5.41) is 18.2. The summed E-state index contributed by atoms with van der Waals surface area (Å²) in [6, 6.07) is 20.5. The Morgan fingerprint density at radius 1 is 0.818 bits per heavy atom. The van der Waals surface area contributed by atoms with Gasteiger partial charge in [-0.3, -0.25) is 0 Å². The number of fused-ring (bicyclic) bond motifs is 1. The molecule has 2 aromatic carbocycles. The van der Waals surface area contributed by atoms with Crippen molar-refractivity contribution in [1.82, 2.24) is 0 Å². The molecule has 6 heteroatoms. The monoisotopic (exact) mass is 440 g/mol. The van der Waals surface area contributed by atoms with Crippen LogP contribution in [0.4, 0.5) is 0 Å². The van der Waals surface area contributed by atoms with Crippen LogP contribution in [0.25, 0.3) is 10.8 Å². The van der Waals surface area contributed by atoms with Gasteiger partial charge >= 0.3 is 0 Å².